The Bertz CT molecular complexity index is 563. The molecule has 0 amide bonds. The predicted molar refractivity (Wildman–Crippen MR) is 78.3 cm³/mol. The summed E-state index contributed by atoms with van der Waals surface area (Å²) in [7, 11) is 0. The molecule has 2 rings (SSSR count). The number of nitrogens with zero attached hydrogens (tertiary/aromatic N) is 3. The first-order valence-corrected chi connectivity index (χ1v) is 6.97. The zero-order chi connectivity index (χ0) is 13.8. The zero-order valence-corrected chi connectivity index (χ0v) is 12.1. The van der Waals surface area contributed by atoms with Gasteiger partial charge in [0.15, 0.2) is 0 Å². The number of anilines is 1. The van der Waals surface area contributed by atoms with Crippen LogP contribution < -0.4 is 5.73 Å². The maximum atomic E-state index is 6.38. The lowest BCUT2D eigenvalue weighted by molar-refractivity contribution is 0.611. The van der Waals surface area contributed by atoms with Crippen LogP contribution in [-0.2, 0) is 25.8 Å². The highest BCUT2D eigenvalue weighted by Crippen LogP contribution is 2.23. The fourth-order valence-electron chi connectivity index (χ4n) is 2.16. The summed E-state index contributed by atoms with van der Waals surface area (Å²) < 4.78 is 1.98. The van der Waals surface area contributed by atoms with Crippen molar-refractivity contribution in [3.63, 3.8) is 0 Å². The molecule has 0 atom stereocenters. The van der Waals surface area contributed by atoms with Gasteiger partial charge in [0.25, 0.3) is 0 Å². The van der Waals surface area contributed by atoms with Gasteiger partial charge in [0.05, 0.1) is 16.4 Å². The van der Waals surface area contributed by atoms with Crippen molar-refractivity contribution in [2.24, 2.45) is 0 Å². The molecule has 0 fully saturated rings. The number of aromatic nitrogens is 3. The van der Waals surface area contributed by atoms with Crippen LogP contribution in [0.3, 0.4) is 0 Å². The third-order valence-electron chi connectivity index (χ3n) is 3.27. The fraction of sp³-hybridized carbons (Fsp3) is 0.429. The average molecular weight is 279 g/mol. The van der Waals surface area contributed by atoms with Crippen LogP contribution in [0.25, 0.3) is 0 Å². The number of halogens is 1. The highest BCUT2D eigenvalue weighted by molar-refractivity contribution is 6.31. The maximum Gasteiger partial charge on any atom is 0.0849 e. The molecule has 0 saturated heterocycles. The Morgan fingerprint density at radius 2 is 2.11 bits per heavy atom. The van der Waals surface area contributed by atoms with E-state index in [1.165, 1.54) is 0 Å². The summed E-state index contributed by atoms with van der Waals surface area (Å²) in [4.78, 5) is 4.11. The van der Waals surface area contributed by atoms with Crippen LogP contribution >= 0.6 is 11.6 Å². The third-order valence-corrected chi connectivity index (χ3v) is 3.70. The van der Waals surface area contributed by atoms with Gasteiger partial charge >= 0.3 is 0 Å². The van der Waals surface area contributed by atoms with Crippen molar-refractivity contribution in [3.05, 3.63) is 40.4 Å². The second kappa shape index (κ2) is 6.06. The van der Waals surface area contributed by atoms with Crippen molar-refractivity contribution in [1.82, 2.24) is 14.8 Å². The van der Waals surface area contributed by atoms with Crippen molar-refractivity contribution >= 4 is 17.3 Å². The van der Waals surface area contributed by atoms with Crippen LogP contribution in [0.4, 0.5) is 5.69 Å². The highest BCUT2D eigenvalue weighted by atomic mass is 35.5. The number of rotatable bonds is 5. The fourth-order valence-corrected chi connectivity index (χ4v) is 2.52. The van der Waals surface area contributed by atoms with Crippen molar-refractivity contribution in [2.45, 2.75) is 39.7 Å². The van der Waals surface area contributed by atoms with Gasteiger partial charge in [-0.25, -0.2) is 0 Å². The Morgan fingerprint density at radius 1 is 1.32 bits per heavy atom. The van der Waals surface area contributed by atoms with Gasteiger partial charge in [-0.05, 0) is 37.8 Å². The molecule has 0 aromatic carbocycles. The lowest BCUT2D eigenvalue weighted by Crippen LogP contribution is -2.05. The normalized spacial score (nSPS) is 10.9. The van der Waals surface area contributed by atoms with Crippen molar-refractivity contribution in [3.8, 4) is 0 Å². The number of aryl methyl sites for hydroxylation is 3. The Kier molecular flexibility index (Phi) is 4.43. The third kappa shape index (κ3) is 2.89. The molecule has 4 nitrogen and oxygen atoms in total. The van der Waals surface area contributed by atoms with E-state index in [1.54, 1.807) is 6.20 Å². The van der Waals surface area contributed by atoms with E-state index in [9.17, 15) is 0 Å². The van der Waals surface area contributed by atoms with Gasteiger partial charge in [-0.3, -0.25) is 9.67 Å². The minimum atomic E-state index is 0.782. The summed E-state index contributed by atoms with van der Waals surface area (Å²) in [5.41, 5.74) is 9.82. The predicted octanol–water partition coefficient (Wildman–Crippen LogP) is 2.88. The van der Waals surface area contributed by atoms with E-state index in [4.69, 9.17) is 17.3 Å². The molecule has 19 heavy (non-hydrogen) atoms. The van der Waals surface area contributed by atoms with E-state index in [2.05, 4.69) is 23.9 Å². The summed E-state index contributed by atoms with van der Waals surface area (Å²) >= 11 is 6.38. The molecule has 5 heteroatoms. The number of nitrogen functional groups attached to an aromatic ring is 1. The van der Waals surface area contributed by atoms with Crippen molar-refractivity contribution in [1.29, 1.82) is 0 Å². The first kappa shape index (κ1) is 13.9. The topological polar surface area (TPSA) is 56.7 Å². The van der Waals surface area contributed by atoms with Gasteiger partial charge < -0.3 is 5.73 Å². The SMILES string of the molecule is CCc1nn(CC)c(CCc2cnccc2N)c1Cl. The molecular formula is C14H19ClN4. The summed E-state index contributed by atoms with van der Waals surface area (Å²) in [6.45, 7) is 4.97. The van der Waals surface area contributed by atoms with Gasteiger partial charge in [-0.15, -0.1) is 0 Å². The molecule has 0 aliphatic rings. The largest absolute Gasteiger partial charge is 0.398 e. The summed E-state index contributed by atoms with van der Waals surface area (Å²) in [5, 5.41) is 5.32. The van der Waals surface area contributed by atoms with Gasteiger partial charge in [-0.1, -0.05) is 18.5 Å². The van der Waals surface area contributed by atoms with E-state index in [0.717, 1.165) is 53.5 Å². The molecule has 2 N–H and O–H groups in total. The smallest absolute Gasteiger partial charge is 0.0849 e. The number of hydrogen-bond acceptors (Lipinski definition) is 3. The van der Waals surface area contributed by atoms with E-state index in [0.29, 0.717) is 0 Å². The van der Waals surface area contributed by atoms with Crippen LogP contribution in [0.15, 0.2) is 18.5 Å². The molecule has 0 aliphatic carbocycles. The molecule has 102 valence electrons. The van der Waals surface area contributed by atoms with Gasteiger partial charge in [0.1, 0.15) is 0 Å². The minimum absolute atomic E-state index is 0.782. The monoisotopic (exact) mass is 278 g/mol. The van der Waals surface area contributed by atoms with E-state index in [1.807, 2.05) is 16.9 Å². The number of pyridine rings is 1. The molecule has 0 unspecified atom stereocenters. The first-order valence-electron chi connectivity index (χ1n) is 6.59. The molecule has 0 saturated carbocycles. The Balaban J connectivity index is 2.20. The van der Waals surface area contributed by atoms with Crippen LogP contribution in [0.2, 0.25) is 5.02 Å². The quantitative estimate of drug-likeness (QED) is 0.915. The average Bonchev–Trinajstić information content (AvgIpc) is 2.74. The van der Waals surface area contributed by atoms with Gasteiger partial charge in [0, 0.05) is 24.6 Å². The molecule has 0 aliphatic heterocycles. The number of nitrogens with two attached hydrogens (primary N) is 1. The molecule has 2 heterocycles. The van der Waals surface area contributed by atoms with Gasteiger partial charge in [0.2, 0.25) is 0 Å². The van der Waals surface area contributed by atoms with E-state index >= 15 is 0 Å². The Morgan fingerprint density at radius 3 is 2.74 bits per heavy atom. The lowest BCUT2D eigenvalue weighted by atomic mass is 10.1. The van der Waals surface area contributed by atoms with Gasteiger partial charge in [-0.2, -0.15) is 5.10 Å². The van der Waals surface area contributed by atoms with Crippen LogP contribution in [-0.4, -0.2) is 14.8 Å². The highest BCUT2D eigenvalue weighted by Gasteiger charge is 2.14. The van der Waals surface area contributed by atoms with Crippen molar-refractivity contribution < 1.29 is 0 Å². The second-order valence-corrected chi connectivity index (χ2v) is 4.83. The molecule has 0 spiro atoms. The first-order chi connectivity index (χ1) is 9.17. The van der Waals surface area contributed by atoms with Crippen molar-refractivity contribution in [2.75, 3.05) is 5.73 Å². The van der Waals surface area contributed by atoms with E-state index in [-0.39, 0.29) is 0 Å². The molecular weight excluding hydrogens is 260 g/mol. The number of hydrogen-bond donors (Lipinski definition) is 1. The standard InChI is InChI=1S/C14H19ClN4/c1-3-12-14(15)13(19(4-2)18-12)6-5-10-9-17-8-7-11(10)16/h7-9H,3-6H2,1-2H3,(H2,16,17). The van der Waals surface area contributed by atoms with Crippen LogP contribution in [0.5, 0.6) is 0 Å². The molecule has 2 aromatic rings. The minimum Gasteiger partial charge on any atom is -0.398 e. The van der Waals surface area contributed by atoms with Crippen LogP contribution in [0.1, 0.15) is 30.8 Å². The Labute approximate surface area is 118 Å². The molecule has 0 bridgehead atoms. The van der Waals surface area contributed by atoms with E-state index < -0.39 is 0 Å². The maximum absolute atomic E-state index is 6.38. The lowest BCUT2D eigenvalue weighted by Gasteiger charge is -2.07. The summed E-state index contributed by atoms with van der Waals surface area (Å²) in [6.07, 6.45) is 6.03. The summed E-state index contributed by atoms with van der Waals surface area (Å²) in [5.74, 6) is 0. The zero-order valence-electron chi connectivity index (χ0n) is 11.4. The summed E-state index contributed by atoms with van der Waals surface area (Å²) in [6, 6.07) is 1.82. The Hall–Kier alpha value is -1.55. The second-order valence-electron chi connectivity index (χ2n) is 4.45. The van der Waals surface area contributed by atoms with Crippen LogP contribution in [0, 0.1) is 0 Å². The molecule has 2 aromatic heterocycles. The molecule has 0 radical (unpaired) electrons.